The highest BCUT2D eigenvalue weighted by atomic mass is 16.5. The molecule has 1 aliphatic heterocycles. The molecule has 0 bridgehead atoms. The molecule has 0 saturated carbocycles. The van der Waals surface area contributed by atoms with Crippen LogP contribution in [0.3, 0.4) is 0 Å². The summed E-state index contributed by atoms with van der Waals surface area (Å²) in [6.07, 6.45) is 1.89. The van der Waals surface area contributed by atoms with E-state index in [1.54, 1.807) is 0 Å². The van der Waals surface area contributed by atoms with Gasteiger partial charge in [0.2, 0.25) is 0 Å². The number of aromatic nitrogens is 3. The lowest BCUT2D eigenvalue weighted by Gasteiger charge is -2.21. The number of anilines is 1. The van der Waals surface area contributed by atoms with Gasteiger partial charge in [0.05, 0.1) is 12.2 Å². The summed E-state index contributed by atoms with van der Waals surface area (Å²) >= 11 is 0. The maximum atomic E-state index is 5.52. The zero-order valence-corrected chi connectivity index (χ0v) is 15.2. The van der Waals surface area contributed by atoms with Crippen LogP contribution in [0, 0.1) is 6.92 Å². The molecule has 134 valence electrons. The molecule has 0 unspecified atom stereocenters. The van der Waals surface area contributed by atoms with Crippen LogP contribution >= 0.6 is 0 Å². The van der Waals surface area contributed by atoms with Gasteiger partial charge in [-0.3, -0.25) is 0 Å². The van der Waals surface area contributed by atoms with E-state index in [1.165, 1.54) is 5.56 Å². The second-order valence-corrected chi connectivity index (χ2v) is 6.67. The topological polar surface area (TPSA) is 67.1 Å². The van der Waals surface area contributed by atoms with Crippen molar-refractivity contribution in [1.82, 2.24) is 20.4 Å². The van der Waals surface area contributed by atoms with E-state index in [4.69, 9.17) is 9.51 Å². The van der Waals surface area contributed by atoms with Crippen molar-refractivity contribution in [3.63, 3.8) is 0 Å². The van der Waals surface area contributed by atoms with Gasteiger partial charge in [-0.05, 0) is 19.9 Å². The first-order valence-corrected chi connectivity index (χ1v) is 9.00. The van der Waals surface area contributed by atoms with E-state index < -0.39 is 0 Å². The van der Waals surface area contributed by atoms with Crippen molar-refractivity contribution >= 4 is 5.82 Å². The van der Waals surface area contributed by atoms with E-state index >= 15 is 0 Å². The van der Waals surface area contributed by atoms with E-state index in [1.807, 2.05) is 43.3 Å². The summed E-state index contributed by atoms with van der Waals surface area (Å²) in [5, 5.41) is 7.68. The maximum absolute atomic E-state index is 5.52. The number of nitrogens with zero attached hydrogens (tertiary/aromatic N) is 4. The molecule has 0 amide bonds. The molecule has 2 aromatic heterocycles. The molecular weight excluding hydrogens is 326 g/mol. The SMILES string of the molecule is Cc1nc2c(c(N(C)Cc3cc(-c4ccccc4)on3)n1)CCNCC2. The monoisotopic (exact) mass is 349 g/mol. The second-order valence-electron chi connectivity index (χ2n) is 6.67. The Labute approximate surface area is 153 Å². The number of hydrogen-bond donors (Lipinski definition) is 1. The number of hydrogen-bond acceptors (Lipinski definition) is 6. The first kappa shape index (κ1) is 16.7. The molecule has 3 heterocycles. The predicted octanol–water partition coefficient (Wildman–Crippen LogP) is 2.76. The van der Waals surface area contributed by atoms with Crippen LogP contribution in [0.5, 0.6) is 0 Å². The quantitative estimate of drug-likeness (QED) is 0.781. The fraction of sp³-hybridized carbons (Fsp3) is 0.350. The minimum atomic E-state index is 0.645. The third kappa shape index (κ3) is 3.46. The van der Waals surface area contributed by atoms with Crippen LogP contribution in [-0.4, -0.2) is 35.3 Å². The Kier molecular flexibility index (Phi) is 4.67. The summed E-state index contributed by atoms with van der Waals surface area (Å²) in [5.74, 6) is 2.61. The number of aryl methyl sites for hydroxylation is 1. The van der Waals surface area contributed by atoms with Crippen LogP contribution in [0.25, 0.3) is 11.3 Å². The molecule has 0 aliphatic carbocycles. The first-order chi connectivity index (χ1) is 12.7. The van der Waals surface area contributed by atoms with Gasteiger partial charge in [0.25, 0.3) is 0 Å². The molecule has 0 atom stereocenters. The van der Waals surface area contributed by atoms with Gasteiger partial charge in [-0.1, -0.05) is 35.5 Å². The van der Waals surface area contributed by atoms with Crippen molar-refractivity contribution < 1.29 is 4.52 Å². The van der Waals surface area contributed by atoms with Crippen LogP contribution in [0.4, 0.5) is 5.82 Å². The van der Waals surface area contributed by atoms with Gasteiger partial charge in [-0.25, -0.2) is 9.97 Å². The summed E-state index contributed by atoms with van der Waals surface area (Å²) in [7, 11) is 2.05. The zero-order valence-electron chi connectivity index (χ0n) is 15.2. The lowest BCUT2D eigenvalue weighted by molar-refractivity contribution is 0.423. The summed E-state index contributed by atoms with van der Waals surface area (Å²) in [6, 6.07) is 12.0. The van der Waals surface area contributed by atoms with Crippen molar-refractivity contribution in [2.75, 3.05) is 25.0 Å². The smallest absolute Gasteiger partial charge is 0.167 e. The summed E-state index contributed by atoms with van der Waals surface area (Å²) in [6.45, 7) is 4.53. The Hall–Kier alpha value is -2.73. The number of rotatable bonds is 4. The Bertz CT molecular complexity index is 890. The predicted molar refractivity (Wildman–Crippen MR) is 101 cm³/mol. The van der Waals surface area contributed by atoms with Crippen LogP contribution in [-0.2, 0) is 19.4 Å². The maximum Gasteiger partial charge on any atom is 0.167 e. The first-order valence-electron chi connectivity index (χ1n) is 9.00. The Balaban J connectivity index is 1.58. The minimum Gasteiger partial charge on any atom is -0.356 e. The largest absolute Gasteiger partial charge is 0.356 e. The Morgan fingerprint density at radius 1 is 1.12 bits per heavy atom. The van der Waals surface area contributed by atoms with Crippen molar-refractivity contribution in [3.8, 4) is 11.3 Å². The molecule has 1 N–H and O–H groups in total. The van der Waals surface area contributed by atoms with Gasteiger partial charge in [0.1, 0.15) is 17.3 Å². The molecule has 0 fully saturated rings. The highest BCUT2D eigenvalue weighted by Gasteiger charge is 2.19. The average molecular weight is 349 g/mol. The lowest BCUT2D eigenvalue weighted by Crippen LogP contribution is -2.22. The third-order valence-corrected chi connectivity index (χ3v) is 4.65. The van der Waals surface area contributed by atoms with Crippen molar-refractivity contribution in [1.29, 1.82) is 0 Å². The fourth-order valence-corrected chi connectivity index (χ4v) is 3.40. The Morgan fingerprint density at radius 2 is 1.92 bits per heavy atom. The number of fused-ring (bicyclic) bond motifs is 1. The molecule has 3 aromatic rings. The molecule has 1 aliphatic rings. The van der Waals surface area contributed by atoms with Crippen LogP contribution < -0.4 is 10.2 Å². The van der Waals surface area contributed by atoms with Crippen LogP contribution in [0.15, 0.2) is 40.9 Å². The summed E-state index contributed by atoms with van der Waals surface area (Å²) < 4.78 is 5.52. The third-order valence-electron chi connectivity index (χ3n) is 4.65. The summed E-state index contributed by atoms with van der Waals surface area (Å²) in [5.41, 5.74) is 4.33. The van der Waals surface area contributed by atoms with Crippen molar-refractivity contribution in [3.05, 3.63) is 59.2 Å². The molecule has 26 heavy (non-hydrogen) atoms. The van der Waals surface area contributed by atoms with Crippen LogP contribution in [0.2, 0.25) is 0 Å². The van der Waals surface area contributed by atoms with Gasteiger partial charge < -0.3 is 14.7 Å². The van der Waals surface area contributed by atoms with Gasteiger partial charge in [0, 0.05) is 37.2 Å². The highest BCUT2D eigenvalue weighted by Crippen LogP contribution is 2.25. The molecule has 0 radical (unpaired) electrons. The number of nitrogens with one attached hydrogen (secondary N) is 1. The van der Waals surface area contributed by atoms with Gasteiger partial charge in [0.15, 0.2) is 5.76 Å². The highest BCUT2D eigenvalue weighted by molar-refractivity contribution is 5.57. The molecule has 1 aromatic carbocycles. The van der Waals surface area contributed by atoms with E-state index in [9.17, 15) is 0 Å². The van der Waals surface area contributed by atoms with Gasteiger partial charge in [-0.2, -0.15) is 0 Å². The zero-order chi connectivity index (χ0) is 17.9. The van der Waals surface area contributed by atoms with Crippen LogP contribution in [0.1, 0.15) is 22.8 Å². The molecule has 4 rings (SSSR count). The van der Waals surface area contributed by atoms with E-state index in [-0.39, 0.29) is 0 Å². The minimum absolute atomic E-state index is 0.645. The molecule has 0 spiro atoms. The Morgan fingerprint density at radius 3 is 2.77 bits per heavy atom. The number of benzene rings is 1. The van der Waals surface area contributed by atoms with Crippen molar-refractivity contribution in [2.45, 2.75) is 26.3 Å². The molecule has 0 saturated heterocycles. The second kappa shape index (κ2) is 7.25. The van der Waals surface area contributed by atoms with E-state index in [0.29, 0.717) is 6.54 Å². The van der Waals surface area contributed by atoms with Gasteiger partial charge >= 0.3 is 0 Å². The molecule has 6 heteroatoms. The molecular formula is C20H23N5O. The summed E-state index contributed by atoms with van der Waals surface area (Å²) in [4.78, 5) is 11.5. The standard InChI is InChI=1S/C20H23N5O/c1-14-22-18-9-11-21-10-8-17(18)20(23-14)25(2)13-16-12-19(26-24-16)15-6-4-3-5-7-15/h3-7,12,21H,8-11,13H2,1-2H3. The lowest BCUT2D eigenvalue weighted by atomic mass is 10.1. The fourth-order valence-electron chi connectivity index (χ4n) is 3.40. The van der Waals surface area contributed by atoms with Crippen molar-refractivity contribution in [2.24, 2.45) is 0 Å². The van der Waals surface area contributed by atoms with E-state index in [2.05, 4.69) is 27.4 Å². The van der Waals surface area contributed by atoms with Gasteiger partial charge in [-0.15, -0.1) is 0 Å². The normalized spacial score (nSPS) is 13.9. The molecule has 6 nitrogen and oxygen atoms in total. The van der Waals surface area contributed by atoms with E-state index in [0.717, 1.165) is 60.3 Å². The average Bonchev–Trinajstić information content (AvgIpc) is 2.99.